The molecule has 0 bridgehead atoms. The van der Waals surface area contributed by atoms with E-state index >= 15 is 0 Å². The highest BCUT2D eigenvalue weighted by molar-refractivity contribution is 14.0. The lowest BCUT2D eigenvalue weighted by Gasteiger charge is -2.25. The first-order valence-corrected chi connectivity index (χ1v) is 11.6. The van der Waals surface area contributed by atoms with Gasteiger partial charge in [0.2, 0.25) is 10.0 Å². The first-order chi connectivity index (χ1) is 13.6. The molecule has 0 atom stereocenters. The van der Waals surface area contributed by atoms with Crippen LogP contribution in [0.15, 0.2) is 23.2 Å². The lowest BCUT2D eigenvalue weighted by molar-refractivity contribution is 0.297. The second-order valence-corrected chi connectivity index (χ2v) is 8.99. The van der Waals surface area contributed by atoms with E-state index in [2.05, 4.69) is 20.3 Å². The summed E-state index contributed by atoms with van der Waals surface area (Å²) in [7, 11) is -3.30. The number of guanidine groups is 1. The number of ether oxygens (including phenoxy) is 2. The third-order valence-corrected chi connectivity index (χ3v) is 6.13. The smallest absolute Gasteiger partial charge is 0.213 e. The molecule has 1 heterocycles. The summed E-state index contributed by atoms with van der Waals surface area (Å²) in [5.41, 5.74) is 0.801. The molecular weight excluding hydrogens is 507 g/mol. The summed E-state index contributed by atoms with van der Waals surface area (Å²) in [5, 5.41) is 6.32. The van der Waals surface area contributed by atoms with Crippen LogP contribution in [0.4, 0.5) is 5.69 Å². The van der Waals surface area contributed by atoms with Crippen LogP contribution in [0.5, 0.6) is 11.5 Å². The Morgan fingerprint density at radius 1 is 1.17 bits per heavy atom. The first kappa shape index (κ1) is 24.0. The molecule has 8 nitrogen and oxygen atoms in total. The molecule has 10 heteroatoms. The number of rotatable bonds is 8. The van der Waals surface area contributed by atoms with Gasteiger partial charge in [-0.3, -0.25) is 4.99 Å². The molecule has 164 valence electrons. The summed E-state index contributed by atoms with van der Waals surface area (Å²) in [6, 6.07) is 5.61. The molecule has 3 rings (SSSR count). The monoisotopic (exact) mass is 538 g/mol. The molecule has 1 aromatic carbocycles. The molecule has 0 spiro atoms. The number of aliphatic imine (C=N–C) groups is 1. The van der Waals surface area contributed by atoms with Gasteiger partial charge in [0.15, 0.2) is 17.5 Å². The molecule has 2 aliphatic rings. The van der Waals surface area contributed by atoms with Crippen LogP contribution in [0.25, 0.3) is 0 Å². The van der Waals surface area contributed by atoms with Crippen LogP contribution in [-0.2, 0) is 10.0 Å². The van der Waals surface area contributed by atoms with Gasteiger partial charge in [0.05, 0.1) is 25.5 Å². The Morgan fingerprint density at radius 2 is 1.93 bits per heavy atom. The fourth-order valence-electron chi connectivity index (χ4n) is 2.98. The lowest BCUT2D eigenvalue weighted by Crippen LogP contribution is -2.35. The van der Waals surface area contributed by atoms with E-state index in [-0.39, 0.29) is 36.3 Å². The van der Waals surface area contributed by atoms with Crippen molar-refractivity contribution in [3.05, 3.63) is 18.2 Å². The Kier molecular flexibility index (Phi) is 9.76. The Morgan fingerprint density at radius 3 is 2.62 bits per heavy atom. The summed E-state index contributed by atoms with van der Waals surface area (Å²) < 4.78 is 38.3. The van der Waals surface area contributed by atoms with Crippen molar-refractivity contribution in [3.63, 3.8) is 0 Å². The molecule has 1 saturated carbocycles. The molecule has 3 N–H and O–H groups in total. The maximum atomic E-state index is 12.1. The average molecular weight is 538 g/mol. The highest BCUT2D eigenvalue weighted by Crippen LogP contribution is 2.32. The summed E-state index contributed by atoms with van der Waals surface area (Å²) in [4.78, 5) is 4.39. The number of fused-ring (bicyclic) bond motifs is 1. The van der Waals surface area contributed by atoms with E-state index in [0.717, 1.165) is 30.7 Å². The molecule has 0 amide bonds. The second kappa shape index (κ2) is 11.8. The van der Waals surface area contributed by atoms with Gasteiger partial charge in [-0.1, -0.05) is 6.42 Å². The zero-order chi connectivity index (χ0) is 19.8. The van der Waals surface area contributed by atoms with Crippen molar-refractivity contribution < 1.29 is 17.9 Å². The van der Waals surface area contributed by atoms with E-state index in [1.807, 2.05) is 25.1 Å². The molecule has 1 aromatic rings. The van der Waals surface area contributed by atoms with Crippen LogP contribution in [0.1, 0.15) is 32.6 Å². The fraction of sp³-hybridized carbons (Fsp3) is 0.632. The third kappa shape index (κ3) is 7.82. The quantitative estimate of drug-likeness (QED) is 0.267. The summed E-state index contributed by atoms with van der Waals surface area (Å²) in [6.45, 7) is 4.62. The molecule has 0 saturated heterocycles. The average Bonchev–Trinajstić information content (AvgIpc) is 2.85. The number of nitrogens with one attached hydrogen (secondary N) is 3. The van der Waals surface area contributed by atoms with E-state index < -0.39 is 10.0 Å². The van der Waals surface area contributed by atoms with Crippen molar-refractivity contribution in [1.82, 2.24) is 10.0 Å². The summed E-state index contributed by atoms with van der Waals surface area (Å²) in [6.07, 6.45) is 4.29. The van der Waals surface area contributed by atoms with E-state index in [1.165, 1.54) is 6.42 Å². The van der Waals surface area contributed by atoms with Gasteiger partial charge in [0.1, 0.15) is 0 Å². The summed E-state index contributed by atoms with van der Waals surface area (Å²) in [5.74, 6) is 2.43. The van der Waals surface area contributed by atoms with Gasteiger partial charge >= 0.3 is 0 Å². The van der Waals surface area contributed by atoms with Gasteiger partial charge in [-0.15, -0.1) is 24.0 Å². The minimum atomic E-state index is -3.30. The minimum absolute atomic E-state index is 0. The zero-order valence-electron chi connectivity index (χ0n) is 16.8. The summed E-state index contributed by atoms with van der Waals surface area (Å²) >= 11 is 0. The van der Waals surface area contributed by atoms with Crippen LogP contribution in [0, 0.1) is 5.92 Å². The number of nitrogens with zero attached hydrogens (tertiary/aromatic N) is 1. The SMILES string of the molecule is CCNC(=NCCS(=O)(=O)NCC1CCC1)Nc1ccc2c(c1)OCCCO2.I. The maximum Gasteiger partial charge on any atom is 0.213 e. The van der Waals surface area contributed by atoms with Crippen LogP contribution < -0.4 is 24.8 Å². The Hall–Kier alpha value is -1.27. The topological polar surface area (TPSA) is 101 Å². The van der Waals surface area contributed by atoms with Crippen molar-refractivity contribution >= 4 is 45.6 Å². The molecule has 0 unspecified atom stereocenters. The standard InChI is InChI=1S/C19H30N4O4S.HI/c1-2-20-19(21-9-12-28(24,25)22-14-15-5-3-6-15)23-16-7-8-17-18(13-16)27-11-4-10-26-17;/h7-8,13,15,22H,2-6,9-12,14H2,1H3,(H2,20,21,23);1H. The van der Waals surface area contributed by atoms with Crippen LogP contribution in [-0.4, -0.2) is 53.0 Å². The highest BCUT2D eigenvalue weighted by atomic mass is 127. The zero-order valence-corrected chi connectivity index (χ0v) is 19.9. The Bertz CT molecular complexity index is 784. The van der Waals surface area contributed by atoms with Crippen LogP contribution >= 0.6 is 24.0 Å². The third-order valence-electron chi connectivity index (χ3n) is 4.80. The van der Waals surface area contributed by atoms with Gasteiger partial charge in [0.25, 0.3) is 0 Å². The second-order valence-electron chi connectivity index (χ2n) is 7.06. The van der Waals surface area contributed by atoms with Crippen LogP contribution in [0.2, 0.25) is 0 Å². The van der Waals surface area contributed by atoms with E-state index in [1.54, 1.807) is 0 Å². The van der Waals surface area contributed by atoms with E-state index in [0.29, 0.717) is 43.9 Å². The minimum Gasteiger partial charge on any atom is -0.490 e. The Labute approximate surface area is 190 Å². The normalized spacial score (nSPS) is 16.9. The molecular formula is C19H31IN4O4S. The van der Waals surface area contributed by atoms with Crippen molar-refractivity contribution in [3.8, 4) is 11.5 Å². The lowest BCUT2D eigenvalue weighted by atomic mass is 9.86. The molecule has 1 aliphatic heterocycles. The first-order valence-electron chi connectivity index (χ1n) is 9.98. The fourth-order valence-corrected chi connectivity index (χ4v) is 3.94. The molecule has 29 heavy (non-hydrogen) atoms. The van der Waals surface area contributed by atoms with Gasteiger partial charge in [-0.05, 0) is 37.8 Å². The number of anilines is 1. The predicted octanol–water partition coefficient (Wildman–Crippen LogP) is 2.56. The highest BCUT2D eigenvalue weighted by Gasteiger charge is 2.20. The van der Waals surface area contributed by atoms with Gasteiger partial charge in [0, 0.05) is 31.3 Å². The van der Waals surface area contributed by atoms with E-state index in [4.69, 9.17) is 9.47 Å². The number of sulfonamides is 1. The largest absolute Gasteiger partial charge is 0.490 e. The number of benzene rings is 1. The molecule has 0 radical (unpaired) electrons. The van der Waals surface area contributed by atoms with Crippen molar-refractivity contribution in [2.24, 2.45) is 10.9 Å². The van der Waals surface area contributed by atoms with Crippen molar-refractivity contribution in [1.29, 1.82) is 0 Å². The van der Waals surface area contributed by atoms with Crippen LogP contribution in [0.3, 0.4) is 0 Å². The molecule has 1 fully saturated rings. The maximum absolute atomic E-state index is 12.1. The molecule has 0 aromatic heterocycles. The predicted molar refractivity (Wildman–Crippen MR) is 126 cm³/mol. The number of hydrogen-bond donors (Lipinski definition) is 3. The molecule has 1 aliphatic carbocycles. The van der Waals surface area contributed by atoms with Gasteiger partial charge in [-0.25, -0.2) is 13.1 Å². The Balaban J connectivity index is 0.00000300. The number of halogens is 1. The van der Waals surface area contributed by atoms with Crippen molar-refractivity contribution in [2.75, 3.05) is 43.9 Å². The van der Waals surface area contributed by atoms with E-state index in [9.17, 15) is 8.42 Å². The van der Waals surface area contributed by atoms with Gasteiger partial charge < -0.3 is 20.1 Å². The van der Waals surface area contributed by atoms with Gasteiger partial charge in [-0.2, -0.15) is 0 Å². The number of hydrogen-bond acceptors (Lipinski definition) is 5. The van der Waals surface area contributed by atoms with Crippen molar-refractivity contribution in [2.45, 2.75) is 32.6 Å².